The first-order chi connectivity index (χ1) is 9.86. The van der Waals surface area contributed by atoms with E-state index in [1.54, 1.807) is 11.1 Å². The van der Waals surface area contributed by atoms with Crippen molar-refractivity contribution in [2.75, 3.05) is 32.7 Å². The van der Waals surface area contributed by atoms with Gasteiger partial charge in [0.1, 0.15) is 0 Å². The summed E-state index contributed by atoms with van der Waals surface area (Å²) in [6.07, 6.45) is 5.30. The van der Waals surface area contributed by atoms with Crippen molar-refractivity contribution in [1.29, 1.82) is 0 Å². The molecule has 0 bridgehead atoms. The number of benzene rings is 1. The van der Waals surface area contributed by atoms with Gasteiger partial charge in [0.25, 0.3) is 0 Å². The number of rotatable bonds is 6. The highest BCUT2D eigenvalue weighted by Crippen LogP contribution is 2.35. The first-order valence-electron chi connectivity index (χ1n) is 8.37. The Bertz CT molecular complexity index is 423. The van der Waals surface area contributed by atoms with Gasteiger partial charge in [-0.05, 0) is 62.4 Å². The fraction of sp³-hybridized carbons (Fsp3) is 0.667. The number of nitrogens with one attached hydrogen (secondary N) is 1. The Kier molecular flexibility index (Phi) is 4.74. The SMILES string of the molecule is CCCN(CC1CCNCC1)CC1Cc2ccccc21. The molecule has 0 radical (unpaired) electrons. The van der Waals surface area contributed by atoms with E-state index >= 15 is 0 Å². The molecule has 1 aliphatic carbocycles. The van der Waals surface area contributed by atoms with Gasteiger partial charge in [-0.1, -0.05) is 31.2 Å². The van der Waals surface area contributed by atoms with Gasteiger partial charge in [0.15, 0.2) is 0 Å². The van der Waals surface area contributed by atoms with Gasteiger partial charge in [0, 0.05) is 19.0 Å². The van der Waals surface area contributed by atoms with E-state index in [1.807, 2.05) is 0 Å². The number of piperidine rings is 1. The maximum atomic E-state index is 3.48. The summed E-state index contributed by atoms with van der Waals surface area (Å²) in [7, 11) is 0. The lowest BCUT2D eigenvalue weighted by Crippen LogP contribution is -2.40. The van der Waals surface area contributed by atoms with E-state index in [1.165, 1.54) is 58.4 Å². The summed E-state index contributed by atoms with van der Waals surface area (Å²) >= 11 is 0. The molecule has 0 amide bonds. The number of hydrogen-bond donors (Lipinski definition) is 1. The fourth-order valence-electron chi connectivity index (χ4n) is 3.84. The summed E-state index contributed by atoms with van der Waals surface area (Å²) < 4.78 is 0. The van der Waals surface area contributed by atoms with Gasteiger partial charge >= 0.3 is 0 Å². The van der Waals surface area contributed by atoms with Crippen molar-refractivity contribution in [1.82, 2.24) is 10.2 Å². The van der Waals surface area contributed by atoms with Gasteiger partial charge in [0.2, 0.25) is 0 Å². The minimum absolute atomic E-state index is 0.791. The maximum absolute atomic E-state index is 3.48. The van der Waals surface area contributed by atoms with E-state index < -0.39 is 0 Å². The molecule has 0 aromatic heterocycles. The molecule has 20 heavy (non-hydrogen) atoms. The van der Waals surface area contributed by atoms with E-state index in [4.69, 9.17) is 0 Å². The third kappa shape index (κ3) is 3.24. The van der Waals surface area contributed by atoms with E-state index in [2.05, 4.69) is 41.4 Å². The van der Waals surface area contributed by atoms with Gasteiger partial charge in [-0.3, -0.25) is 0 Å². The van der Waals surface area contributed by atoms with Crippen molar-refractivity contribution in [3.63, 3.8) is 0 Å². The van der Waals surface area contributed by atoms with E-state index in [0.717, 1.165) is 11.8 Å². The van der Waals surface area contributed by atoms with Crippen molar-refractivity contribution in [2.45, 2.75) is 38.5 Å². The molecular formula is C18H28N2. The molecule has 0 saturated carbocycles. The molecule has 1 unspecified atom stereocenters. The number of nitrogens with zero attached hydrogens (tertiary/aromatic N) is 1. The largest absolute Gasteiger partial charge is 0.317 e. The Morgan fingerprint density at radius 2 is 1.95 bits per heavy atom. The summed E-state index contributed by atoms with van der Waals surface area (Å²) in [4.78, 5) is 2.73. The Labute approximate surface area is 123 Å². The van der Waals surface area contributed by atoms with Crippen LogP contribution in [0.4, 0.5) is 0 Å². The predicted octanol–water partition coefficient (Wildman–Crippen LogP) is 3.04. The Morgan fingerprint density at radius 3 is 2.70 bits per heavy atom. The highest BCUT2D eigenvalue weighted by atomic mass is 15.1. The van der Waals surface area contributed by atoms with E-state index in [0.29, 0.717) is 0 Å². The third-order valence-electron chi connectivity index (χ3n) is 4.95. The van der Waals surface area contributed by atoms with E-state index in [-0.39, 0.29) is 0 Å². The van der Waals surface area contributed by atoms with Crippen molar-refractivity contribution >= 4 is 0 Å². The fourth-order valence-corrected chi connectivity index (χ4v) is 3.84. The highest BCUT2D eigenvalue weighted by Gasteiger charge is 2.28. The Hall–Kier alpha value is -0.860. The standard InChI is InChI=1S/C18H28N2/c1-2-11-20(13-15-7-9-19-10-8-15)14-17-12-16-5-3-4-6-18(16)17/h3-6,15,17,19H,2,7-14H2,1H3. The molecule has 1 atom stereocenters. The summed E-state index contributed by atoms with van der Waals surface area (Å²) in [5.74, 6) is 1.71. The van der Waals surface area contributed by atoms with Crippen LogP contribution in [0.1, 0.15) is 43.2 Å². The molecule has 2 nitrogen and oxygen atoms in total. The highest BCUT2D eigenvalue weighted by molar-refractivity contribution is 5.40. The second-order valence-corrected chi connectivity index (χ2v) is 6.55. The molecule has 0 spiro atoms. The van der Waals surface area contributed by atoms with Gasteiger partial charge in [-0.25, -0.2) is 0 Å². The lowest BCUT2D eigenvalue weighted by Gasteiger charge is -2.37. The molecule has 110 valence electrons. The van der Waals surface area contributed by atoms with Crippen LogP contribution in [0, 0.1) is 5.92 Å². The molecule has 1 heterocycles. The molecule has 2 heteroatoms. The van der Waals surface area contributed by atoms with Crippen LogP contribution in [-0.4, -0.2) is 37.6 Å². The quantitative estimate of drug-likeness (QED) is 0.856. The topological polar surface area (TPSA) is 15.3 Å². The average molecular weight is 272 g/mol. The van der Waals surface area contributed by atoms with Crippen LogP contribution in [0.2, 0.25) is 0 Å². The normalized spacial score (nSPS) is 22.6. The second-order valence-electron chi connectivity index (χ2n) is 6.55. The van der Waals surface area contributed by atoms with Gasteiger partial charge in [0.05, 0.1) is 0 Å². The smallest absolute Gasteiger partial charge is 0.00537 e. The summed E-state index contributed by atoms with van der Waals surface area (Å²) in [6, 6.07) is 9.00. The van der Waals surface area contributed by atoms with Crippen LogP contribution in [-0.2, 0) is 6.42 Å². The lowest BCUT2D eigenvalue weighted by molar-refractivity contribution is 0.190. The van der Waals surface area contributed by atoms with Crippen LogP contribution >= 0.6 is 0 Å². The molecule has 2 aliphatic rings. The predicted molar refractivity (Wildman–Crippen MR) is 85.2 cm³/mol. The number of fused-ring (bicyclic) bond motifs is 1. The zero-order valence-electron chi connectivity index (χ0n) is 12.8. The van der Waals surface area contributed by atoms with Gasteiger partial charge in [-0.15, -0.1) is 0 Å². The zero-order valence-corrected chi connectivity index (χ0v) is 12.8. The second kappa shape index (κ2) is 6.73. The minimum Gasteiger partial charge on any atom is -0.317 e. The van der Waals surface area contributed by atoms with Crippen LogP contribution in [0.5, 0.6) is 0 Å². The van der Waals surface area contributed by atoms with E-state index in [9.17, 15) is 0 Å². The average Bonchev–Trinajstić information content (AvgIpc) is 2.46. The molecular weight excluding hydrogens is 244 g/mol. The van der Waals surface area contributed by atoms with Crippen LogP contribution in [0.15, 0.2) is 24.3 Å². The number of hydrogen-bond acceptors (Lipinski definition) is 2. The summed E-state index contributed by atoms with van der Waals surface area (Å²) in [5, 5.41) is 3.48. The molecule has 3 rings (SSSR count). The summed E-state index contributed by atoms with van der Waals surface area (Å²) in [6.45, 7) is 8.60. The molecule has 1 aliphatic heterocycles. The first kappa shape index (κ1) is 14.1. The molecule has 1 saturated heterocycles. The monoisotopic (exact) mass is 272 g/mol. The molecule has 1 aromatic carbocycles. The van der Waals surface area contributed by atoms with Crippen LogP contribution < -0.4 is 5.32 Å². The molecule has 1 aromatic rings. The van der Waals surface area contributed by atoms with Crippen molar-refractivity contribution < 1.29 is 0 Å². The van der Waals surface area contributed by atoms with Crippen LogP contribution in [0.3, 0.4) is 0 Å². The zero-order chi connectivity index (χ0) is 13.8. The van der Waals surface area contributed by atoms with Crippen molar-refractivity contribution in [2.24, 2.45) is 5.92 Å². The first-order valence-corrected chi connectivity index (χ1v) is 8.37. The summed E-state index contributed by atoms with van der Waals surface area (Å²) in [5.41, 5.74) is 3.19. The maximum Gasteiger partial charge on any atom is 0.00537 e. The third-order valence-corrected chi connectivity index (χ3v) is 4.95. The van der Waals surface area contributed by atoms with Crippen LogP contribution in [0.25, 0.3) is 0 Å². The van der Waals surface area contributed by atoms with Crippen molar-refractivity contribution in [3.05, 3.63) is 35.4 Å². The molecule has 1 N–H and O–H groups in total. The Morgan fingerprint density at radius 1 is 1.15 bits per heavy atom. The minimum atomic E-state index is 0.791. The van der Waals surface area contributed by atoms with Gasteiger partial charge in [-0.2, -0.15) is 0 Å². The lowest BCUT2D eigenvalue weighted by atomic mass is 9.77. The van der Waals surface area contributed by atoms with Gasteiger partial charge < -0.3 is 10.2 Å². The van der Waals surface area contributed by atoms with Crippen molar-refractivity contribution in [3.8, 4) is 0 Å². The Balaban J connectivity index is 1.55. The molecule has 1 fully saturated rings.